The molecule has 8 nitrogen and oxygen atoms in total. The van der Waals surface area contributed by atoms with Gasteiger partial charge in [0.15, 0.2) is 15.7 Å². The van der Waals surface area contributed by atoms with E-state index < -0.39 is 50.1 Å². The van der Waals surface area contributed by atoms with Crippen LogP contribution in [0.3, 0.4) is 0 Å². The minimum atomic E-state index is -4.89. The molecule has 1 aliphatic carbocycles. The highest BCUT2D eigenvalue weighted by atomic mass is 32.2. The van der Waals surface area contributed by atoms with Crippen molar-refractivity contribution in [1.29, 1.82) is 0 Å². The van der Waals surface area contributed by atoms with Gasteiger partial charge in [-0.25, -0.2) is 17.5 Å². The summed E-state index contributed by atoms with van der Waals surface area (Å²) >= 11 is 0. The van der Waals surface area contributed by atoms with Crippen molar-refractivity contribution in [2.24, 2.45) is 7.05 Å². The Morgan fingerprint density at radius 3 is 2.24 bits per heavy atom. The van der Waals surface area contributed by atoms with Gasteiger partial charge in [-0.2, -0.15) is 18.3 Å². The summed E-state index contributed by atoms with van der Waals surface area (Å²) in [7, 11) is -2.17. The standard InChI is InChI=1S/C28H26F4N4O4S/c1-15(18-6-5-7-20(23(18)29)28(30,31)32)33-24-19-14-36(27(2)12-13-27)26(38)21(22(19)25(37)35(3)34-24)16-8-10-17(11-9-16)41(4,39)40/h5-11,14-15H,12-13H2,1-4H3,(H,33,34)/t15-/m1/s1. The number of sulfone groups is 1. The molecule has 2 heterocycles. The number of rotatable bonds is 6. The Morgan fingerprint density at radius 2 is 1.68 bits per heavy atom. The molecule has 4 aromatic rings. The maximum atomic E-state index is 14.9. The number of hydrogen-bond acceptors (Lipinski definition) is 6. The van der Waals surface area contributed by atoms with Crippen LogP contribution in [0.4, 0.5) is 23.4 Å². The number of nitrogens with one attached hydrogen (secondary N) is 1. The molecule has 1 saturated carbocycles. The second-order valence-corrected chi connectivity index (χ2v) is 12.6. The normalized spacial score (nSPS) is 15.6. The molecule has 1 fully saturated rings. The summed E-state index contributed by atoms with van der Waals surface area (Å²) in [5.41, 5.74) is -2.95. The summed E-state index contributed by atoms with van der Waals surface area (Å²) in [5.74, 6) is -1.37. The number of benzene rings is 2. The molecule has 0 amide bonds. The fourth-order valence-electron chi connectivity index (χ4n) is 4.88. The number of aromatic nitrogens is 3. The monoisotopic (exact) mass is 590 g/mol. The highest BCUT2D eigenvalue weighted by molar-refractivity contribution is 7.90. The van der Waals surface area contributed by atoms with Crippen molar-refractivity contribution >= 4 is 26.4 Å². The first kappa shape index (κ1) is 28.5. The third kappa shape index (κ3) is 5.03. The molecule has 2 aromatic heterocycles. The molecule has 0 spiro atoms. The summed E-state index contributed by atoms with van der Waals surface area (Å²) in [6.45, 7) is 3.33. The first-order chi connectivity index (χ1) is 19.0. The topological polar surface area (TPSA) is 103 Å². The molecule has 0 unspecified atom stereocenters. The molecule has 0 radical (unpaired) electrons. The van der Waals surface area contributed by atoms with Crippen molar-refractivity contribution in [2.75, 3.05) is 11.6 Å². The SMILES string of the molecule is C[C@@H](Nc1nn(C)c(=O)c2c(-c3ccc(S(C)(=O)=O)cc3)c(=O)n(C3(C)CC3)cc12)c1cccc(C(F)(F)F)c1F. The lowest BCUT2D eigenvalue weighted by molar-refractivity contribution is -0.140. The molecule has 1 N–H and O–H groups in total. The minimum absolute atomic E-state index is 0.0145. The van der Waals surface area contributed by atoms with Gasteiger partial charge in [0.1, 0.15) is 5.82 Å². The van der Waals surface area contributed by atoms with E-state index in [1.807, 2.05) is 6.92 Å². The molecule has 0 aliphatic heterocycles. The summed E-state index contributed by atoms with van der Waals surface area (Å²) in [4.78, 5) is 27.3. The lowest BCUT2D eigenvalue weighted by Gasteiger charge is -2.22. The van der Waals surface area contributed by atoms with Crippen LogP contribution in [0.15, 0.2) is 63.1 Å². The quantitative estimate of drug-likeness (QED) is 0.317. The van der Waals surface area contributed by atoms with Gasteiger partial charge in [0, 0.05) is 36.0 Å². The number of nitrogens with zero attached hydrogens (tertiary/aromatic N) is 3. The lowest BCUT2D eigenvalue weighted by Crippen LogP contribution is -2.32. The zero-order chi connectivity index (χ0) is 30.1. The maximum Gasteiger partial charge on any atom is 0.419 e. The number of anilines is 1. The zero-order valence-corrected chi connectivity index (χ0v) is 23.3. The van der Waals surface area contributed by atoms with Crippen molar-refractivity contribution in [3.8, 4) is 11.1 Å². The fourth-order valence-corrected chi connectivity index (χ4v) is 5.51. The Hall–Kier alpha value is -4.00. The van der Waals surface area contributed by atoms with Crippen LogP contribution < -0.4 is 16.4 Å². The fraction of sp³-hybridized carbons (Fsp3) is 0.321. The first-order valence-electron chi connectivity index (χ1n) is 12.6. The third-order valence-electron chi connectivity index (χ3n) is 7.50. The predicted molar refractivity (Wildman–Crippen MR) is 146 cm³/mol. The second kappa shape index (κ2) is 9.54. The summed E-state index contributed by atoms with van der Waals surface area (Å²) in [6.07, 6.45) is -0.964. The van der Waals surface area contributed by atoms with Crippen molar-refractivity contribution in [1.82, 2.24) is 14.3 Å². The molecule has 216 valence electrons. The molecule has 0 bridgehead atoms. The van der Waals surface area contributed by atoms with E-state index in [9.17, 15) is 35.6 Å². The highest BCUT2D eigenvalue weighted by Gasteiger charge is 2.41. The molecular formula is C28H26F4N4O4S. The first-order valence-corrected chi connectivity index (χ1v) is 14.5. The van der Waals surface area contributed by atoms with Crippen molar-refractivity contribution in [3.05, 3.63) is 86.3 Å². The van der Waals surface area contributed by atoms with Crippen LogP contribution in [0, 0.1) is 5.82 Å². The Balaban J connectivity index is 1.75. The van der Waals surface area contributed by atoms with E-state index in [0.717, 1.165) is 17.0 Å². The highest BCUT2D eigenvalue weighted by Crippen LogP contribution is 2.43. The largest absolute Gasteiger partial charge is 0.419 e. The average Bonchev–Trinajstić information content (AvgIpc) is 3.63. The Kier molecular flexibility index (Phi) is 6.64. The van der Waals surface area contributed by atoms with Gasteiger partial charge in [-0.15, -0.1) is 0 Å². The smallest absolute Gasteiger partial charge is 0.361 e. The third-order valence-corrected chi connectivity index (χ3v) is 8.63. The maximum absolute atomic E-state index is 14.9. The molecule has 13 heteroatoms. The summed E-state index contributed by atoms with van der Waals surface area (Å²) in [5, 5.41) is 7.41. The van der Waals surface area contributed by atoms with E-state index in [2.05, 4.69) is 10.4 Å². The Bertz CT molecular complexity index is 1930. The van der Waals surface area contributed by atoms with Crippen LogP contribution in [-0.2, 0) is 28.6 Å². The van der Waals surface area contributed by atoms with Gasteiger partial charge >= 0.3 is 6.18 Å². The lowest BCUT2D eigenvalue weighted by atomic mass is 10.0. The van der Waals surface area contributed by atoms with Crippen LogP contribution in [0.25, 0.3) is 21.9 Å². The molecule has 41 heavy (non-hydrogen) atoms. The molecule has 2 aromatic carbocycles. The minimum Gasteiger partial charge on any atom is -0.361 e. The zero-order valence-electron chi connectivity index (χ0n) is 22.5. The van der Waals surface area contributed by atoms with E-state index >= 15 is 0 Å². The van der Waals surface area contributed by atoms with Gasteiger partial charge < -0.3 is 9.88 Å². The van der Waals surface area contributed by atoms with Gasteiger partial charge in [0.25, 0.3) is 11.1 Å². The van der Waals surface area contributed by atoms with Crippen LogP contribution in [-0.4, -0.2) is 29.0 Å². The van der Waals surface area contributed by atoms with Crippen molar-refractivity contribution in [3.63, 3.8) is 0 Å². The van der Waals surface area contributed by atoms with Crippen LogP contribution >= 0.6 is 0 Å². The number of alkyl halides is 3. The number of pyridine rings is 1. The number of hydrogen-bond donors (Lipinski definition) is 1. The van der Waals surface area contributed by atoms with E-state index in [1.54, 1.807) is 0 Å². The van der Waals surface area contributed by atoms with E-state index in [1.165, 1.54) is 55.1 Å². The molecule has 5 rings (SSSR count). The van der Waals surface area contributed by atoms with Crippen LogP contribution in [0.5, 0.6) is 0 Å². The van der Waals surface area contributed by atoms with Gasteiger partial charge in [0.2, 0.25) is 0 Å². The second-order valence-electron chi connectivity index (χ2n) is 10.6. The van der Waals surface area contributed by atoms with Crippen LogP contribution in [0.2, 0.25) is 0 Å². The molecule has 1 aliphatic rings. The molecule has 0 saturated heterocycles. The van der Waals surface area contributed by atoms with Crippen molar-refractivity contribution < 1.29 is 26.0 Å². The summed E-state index contributed by atoms with van der Waals surface area (Å²) in [6, 6.07) is 7.55. The number of halogens is 4. The molecular weight excluding hydrogens is 564 g/mol. The average molecular weight is 591 g/mol. The Labute approximate surface area is 232 Å². The Morgan fingerprint density at radius 1 is 1.05 bits per heavy atom. The van der Waals surface area contributed by atoms with Crippen molar-refractivity contribution in [2.45, 2.75) is 49.3 Å². The van der Waals surface area contributed by atoms with Gasteiger partial charge in [-0.1, -0.05) is 24.3 Å². The van der Waals surface area contributed by atoms with Crippen LogP contribution in [0.1, 0.15) is 43.9 Å². The molecule has 1 atom stereocenters. The van der Waals surface area contributed by atoms with Gasteiger partial charge in [0.05, 0.1) is 27.5 Å². The summed E-state index contributed by atoms with van der Waals surface area (Å²) < 4.78 is 81.4. The number of aryl methyl sites for hydroxylation is 1. The number of fused-ring (bicyclic) bond motifs is 1. The van der Waals surface area contributed by atoms with E-state index in [4.69, 9.17) is 0 Å². The van der Waals surface area contributed by atoms with E-state index in [0.29, 0.717) is 24.5 Å². The van der Waals surface area contributed by atoms with Gasteiger partial charge in [-0.3, -0.25) is 9.59 Å². The van der Waals surface area contributed by atoms with Gasteiger partial charge in [-0.05, 0) is 50.5 Å². The predicted octanol–water partition coefficient (Wildman–Crippen LogP) is 5.01. The van der Waals surface area contributed by atoms with E-state index in [-0.39, 0.29) is 32.6 Å².